The number of anilines is 3. The fraction of sp³-hybridized carbons (Fsp3) is 0.111. The Kier molecular flexibility index (Phi) is 5.23. The maximum atomic E-state index is 12.0. The number of amides is 4. The van der Waals surface area contributed by atoms with E-state index in [0.29, 0.717) is 23.0 Å². The second-order valence-electron chi connectivity index (χ2n) is 5.47. The minimum Gasteiger partial charge on any atom is -0.467 e. The van der Waals surface area contributed by atoms with E-state index in [1.165, 1.54) is 6.26 Å². The molecule has 3 rings (SSSR count). The van der Waals surface area contributed by atoms with E-state index in [9.17, 15) is 9.59 Å². The van der Waals surface area contributed by atoms with Crippen molar-refractivity contribution in [2.45, 2.75) is 13.5 Å². The highest BCUT2D eigenvalue weighted by Crippen LogP contribution is 2.21. The summed E-state index contributed by atoms with van der Waals surface area (Å²) >= 11 is 0. The van der Waals surface area contributed by atoms with E-state index in [1.807, 2.05) is 6.92 Å². The van der Waals surface area contributed by atoms with Crippen molar-refractivity contribution >= 4 is 29.3 Å². The topological polar surface area (TPSA) is 109 Å². The predicted molar refractivity (Wildman–Crippen MR) is 97.1 cm³/mol. The highest BCUT2D eigenvalue weighted by atomic mass is 16.3. The van der Waals surface area contributed by atoms with Crippen LogP contribution in [0.4, 0.5) is 26.8 Å². The lowest BCUT2D eigenvalue weighted by atomic mass is 10.2. The van der Waals surface area contributed by atoms with Gasteiger partial charge in [-0.2, -0.15) is 0 Å². The molecule has 4 amide bonds. The second-order valence-corrected chi connectivity index (χ2v) is 5.47. The minimum atomic E-state index is -0.442. The van der Waals surface area contributed by atoms with Crippen LogP contribution in [-0.4, -0.2) is 12.1 Å². The number of aryl methyl sites for hydroxylation is 1. The number of furan rings is 2. The normalized spacial score (nSPS) is 10.2. The highest BCUT2D eigenvalue weighted by Gasteiger charge is 2.09. The molecule has 0 aliphatic carbocycles. The first-order valence-electron chi connectivity index (χ1n) is 7.89. The third-order valence-electron chi connectivity index (χ3n) is 3.50. The number of carbonyl (C=O) groups is 2. The predicted octanol–water partition coefficient (Wildman–Crippen LogP) is 4.15. The Hall–Kier alpha value is -3.68. The van der Waals surface area contributed by atoms with Crippen LogP contribution in [0.1, 0.15) is 11.3 Å². The van der Waals surface area contributed by atoms with Crippen LogP contribution in [0.15, 0.2) is 63.8 Å². The number of nitrogens with one attached hydrogen (secondary N) is 4. The van der Waals surface area contributed by atoms with Crippen molar-refractivity contribution < 1.29 is 18.4 Å². The zero-order chi connectivity index (χ0) is 18.4. The number of urea groups is 2. The molecule has 0 atom stereocenters. The molecule has 0 saturated heterocycles. The van der Waals surface area contributed by atoms with Gasteiger partial charge in [-0.3, -0.25) is 5.32 Å². The molecule has 2 aromatic heterocycles. The molecule has 1 aromatic carbocycles. The Morgan fingerprint density at radius 2 is 1.73 bits per heavy atom. The first kappa shape index (κ1) is 17.2. The van der Waals surface area contributed by atoms with Gasteiger partial charge in [0.2, 0.25) is 5.88 Å². The standard InChI is InChI=1S/C18H18N4O4/c1-12-6-7-13(20-17(23)19-11-14-4-2-8-25-14)10-15(12)21-18(24)22-16-5-3-9-26-16/h2-10H,11H2,1H3,(H2,19,20,23)(H2,21,22,24). The number of hydrogen-bond donors (Lipinski definition) is 4. The third kappa shape index (κ3) is 4.67. The van der Waals surface area contributed by atoms with Gasteiger partial charge in [0.05, 0.1) is 19.1 Å². The van der Waals surface area contributed by atoms with E-state index in [4.69, 9.17) is 8.83 Å². The van der Waals surface area contributed by atoms with Crippen LogP contribution < -0.4 is 21.3 Å². The summed E-state index contributed by atoms with van der Waals surface area (Å²) in [5, 5.41) is 10.7. The van der Waals surface area contributed by atoms with Gasteiger partial charge in [-0.25, -0.2) is 9.59 Å². The average molecular weight is 354 g/mol. The highest BCUT2D eigenvalue weighted by molar-refractivity contribution is 6.00. The van der Waals surface area contributed by atoms with Crippen molar-refractivity contribution in [3.63, 3.8) is 0 Å². The lowest BCUT2D eigenvalue weighted by Crippen LogP contribution is -2.28. The lowest BCUT2D eigenvalue weighted by molar-refractivity contribution is 0.251. The molecular weight excluding hydrogens is 336 g/mol. The van der Waals surface area contributed by atoms with Crippen molar-refractivity contribution in [3.8, 4) is 0 Å². The summed E-state index contributed by atoms with van der Waals surface area (Å²) in [4.78, 5) is 24.0. The molecule has 0 radical (unpaired) electrons. The monoisotopic (exact) mass is 354 g/mol. The van der Waals surface area contributed by atoms with Gasteiger partial charge >= 0.3 is 12.1 Å². The number of carbonyl (C=O) groups excluding carboxylic acids is 2. The maximum absolute atomic E-state index is 12.0. The van der Waals surface area contributed by atoms with Crippen molar-refractivity contribution in [1.29, 1.82) is 0 Å². The second kappa shape index (κ2) is 7.93. The van der Waals surface area contributed by atoms with Gasteiger partial charge in [0.25, 0.3) is 0 Å². The van der Waals surface area contributed by atoms with Crippen LogP contribution in [0.2, 0.25) is 0 Å². The molecule has 0 unspecified atom stereocenters. The molecule has 4 N–H and O–H groups in total. The van der Waals surface area contributed by atoms with Crippen LogP contribution in [0.25, 0.3) is 0 Å². The Labute approximate surface area is 149 Å². The molecule has 0 saturated carbocycles. The largest absolute Gasteiger partial charge is 0.467 e. The lowest BCUT2D eigenvalue weighted by Gasteiger charge is -2.12. The quantitative estimate of drug-likeness (QED) is 0.552. The summed E-state index contributed by atoms with van der Waals surface area (Å²) in [6, 6.07) is 11.2. The zero-order valence-electron chi connectivity index (χ0n) is 14.0. The van der Waals surface area contributed by atoms with E-state index < -0.39 is 6.03 Å². The number of hydrogen-bond acceptors (Lipinski definition) is 4. The molecule has 0 spiro atoms. The van der Waals surface area contributed by atoms with Crippen LogP contribution in [0, 0.1) is 6.92 Å². The van der Waals surface area contributed by atoms with E-state index >= 15 is 0 Å². The molecule has 0 fully saturated rings. The molecular formula is C18H18N4O4. The molecule has 26 heavy (non-hydrogen) atoms. The van der Waals surface area contributed by atoms with Crippen LogP contribution in [0.3, 0.4) is 0 Å². The van der Waals surface area contributed by atoms with E-state index in [2.05, 4.69) is 21.3 Å². The summed E-state index contributed by atoms with van der Waals surface area (Å²) in [6.07, 6.45) is 3.01. The average Bonchev–Trinajstić information content (AvgIpc) is 3.29. The van der Waals surface area contributed by atoms with Gasteiger partial charge in [-0.1, -0.05) is 6.07 Å². The van der Waals surface area contributed by atoms with E-state index in [-0.39, 0.29) is 12.6 Å². The first-order chi connectivity index (χ1) is 12.6. The van der Waals surface area contributed by atoms with Gasteiger partial charge in [-0.15, -0.1) is 0 Å². The van der Waals surface area contributed by atoms with Crippen molar-refractivity contribution in [1.82, 2.24) is 5.32 Å². The smallest absolute Gasteiger partial charge is 0.326 e. The van der Waals surface area contributed by atoms with E-state index in [0.717, 1.165) is 5.56 Å². The van der Waals surface area contributed by atoms with Gasteiger partial charge in [0.1, 0.15) is 5.76 Å². The Morgan fingerprint density at radius 3 is 2.46 bits per heavy atom. The van der Waals surface area contributed by atoms with E-state index in [1.54, 1.807) is 48.7 Å². The fourth-order valence-electron chi connectivity index (χ4n) is 2.21. The van der Waals surface area contributed by atoms with Crippen LogP contribution in [-0.2, 0) is 6.54 Å². The maximum Gasteiger partial charge on any atom is 0.326 e. The summed E-state index contributed by atoms with van der Waals surface area (Å²) in [6.45, 7) is 2.13. The molecule has 3 aromatic rings. The molecule has 8 nitrogen and oxygen atoms in total. The minimum absolute atomic E-state index is 0.279. The molecule has 134 valence electrons. The van der Waals surface area contributed by atoms with Gasteiger partial charge < -0.3 is 24.8 Å². The summed E-state index contributed by atoms with van der Waals surface area (Å²) in [5.41, 5.74) is 1.96. The fourth-order valence-corrected chi connectivity index (χ4v) is 2.21. The van der Waals surface area contributed by atoms with Gasteiger partial charge in [0, 0.05) is 17.4 Å². The third-order valence-corrected chi connectivity index (χ3v) is 3.50. The van der Waals surface area contributed by atoms with Crippen molar-refractivity contribution in [3.05, 3.63) is 66.3 Å². The molecule has 8 heteroatoms. The zero-order valence-corrected chi connectivity index (χ0v) is 14.0. The summed E-state index contributed by atoms with van der Waals surface area (Å²) < 4.78 is 10.2. The number of rotatable bonds is 5. The van der Waals surface area contributed by atoms with Crippen LogP contribution >= 0.6 is 0 Å². The van der Waals surface area contributed by atoms with Gasteiger partial charge in [-0.05, 0) is 42.8 Å². The molecule has 0 bridgehead atoms. The Morgan fingerprint density at radius 1 is 0.923 bits per heavy atom. The van der Waals surface area contributed by atoms with Crippen molar-refractivity contribution in [2.75, 3.05) is 16.0 Å². The molecule has 0 aliphatic heterocycles. The first-order valence-corrected chi connectivity index (χ1v) is 7.89. The molecule has 0 aliphatic rings. The SMILES string of the molecule is Cc1ccc(NC(=O)NCc2ccco2)cc1NC(=O)Nc1ccco1. The summed E-state index contributed by atoms with van der Waals surface area (Å²) in [7, 11) is 0. The summed E-state index contributed by atoms with van der Waals surface area (Å²) in [5.74, 6) is 0.993. The molecule has 2 heterocycles. The number of benzene rings is 1. The van der Waals surface area contributed by atoms with Gasteiger partial charge in [0.15, 0.2) is 0 Å². The Balaban J connectivity index is 1.57. The van der Waals surface area contributed by atoms with Crippen molar-refractivity contribution in [2.24, 2.45) is 0 Å². The van der Waals surface area contributed by atoms with Crippen LogP contribution in [0.5, 0.6) is 0 Å². The Bertz CT molecular complexity index is 873.